The minimum absolute atomic E-state index is 0.300. The third-order valence-electron chi connectivity index (χ3n) is 3.59. The molecule has 1 unspecified atom stereocenters. The Morgan fingerprint density at radius 3 is 2.00 bits per heavy atom. The van der Waals surface area contributed by atoms with Crippen LogP contribution in [0, 0.1) is 25.2 Å². The second-order valence-electron chi connectivity index (χ2n) is 6.47. The van der Waals surface area contributed by atoms with Gasteiger partial charge in [0.25, 0.3) is 0 Å². The maximum Gasteiger partial charge on any atom is 0.0369 e. The van der Waals surface area contributed by atoms with E-state index in [4.69, 9.17) is 0 Å². The first-order chi connectivity index (χ1) is 8.24. The van der Waals surface area contributed by atoms with E-state index in [0.29, 0.717) is 11.3 Å². The quantitative estimate of drug-likeness (QED) is 0.793. The van der Waals surface area contributed by atoms with Crippen LogP contribution in [0.3, 0.4) is 0 Å². The normalized spacial score (nSPS) is 13.5. The summed E-state index contributed by atoms with van der Waals surface area (Å²) in [6, 6.07) is 6.73. The third kappa shape index (κ3) is 4.24. The number of rotatable bonds is 4. The summed E-state index contributed by atoms with van der Waals surface area (Å²) < 4.78 is 0. The molecule has 0 aliphatic heterocycles. The van der Waals surface area contributed by atoms with E-state index < -0.39 is 0 Å². The lowest BCUT2D eigenvalue weighted by molar-refractivity contribution is 0.272. The van der Waals surface area contributed by atoms with Crippen molar-refractivity contribution in [2.45, 2.75) is 34.6 Å². The van der Waals surface area contributed by atoms with Crippen molar-refractivity contribution in [3.05, 3.63) is 29.3 Å². The van der Waals surface area contributed by atoms with Crippen LogP contribution in [-0.4, -0.2) is 19.3 Å². The van der Waals surface area contributed by atoms with Crippen LogP contribution in [-0.2, 0) is 0 Å². The molecule has 0 saturated heterocycles. The van der Waals surface area contributed by atoms with Crippen LogP contribution in [0.25, 0.3) is 0 Å². The Labute approximate surface area is 118 Å². The molecular weight excluding hydrogens is 238 g/mol. The zero-order valence-electron chi connectivity index (χ0n) is 12.6. The van der Waals surface area contributed by atoms with Gasteiger partial charge in [-0.05, 0) is 54.2 Å². The van der Waals surface area contributed by atoms with Gasteiger partial charge in [-0.2, -0.15) is 12.6 Å². The molecule has 0 aliphatic carbocycles. The third-order valence-corrected chi connectivity index (χ3v) is 4.03. The van der Waals surface area contributed by atoms with Gasteiger partial charge in [0.15, 0.2) is 0 Å². The highest BCUT2D eigenvalue weighted by molar-refractivity contribution is 7.80. The van der Waals surface area contributed by atoms with Crippen LogP contribution in [0.5, 0.6) is 0 Å². The van der Waals surface area contributed by atoms with E-state index in [1.807, 2.05) is 0 Å². The predicted molar refractivity (Wildman–Crippen MR) is 86.0 cm³/mol. The molecule has 18 heavy (non-hydrogen) atoms. The van der Waals surface area contributed by atoms with E-state index in [9.17, 15) is 0 Å². The molecule has 2 heteroatoms. The summed E-state index contributed by atoms with van der Waals surface area (Å²) in [4.78, 5) is 2.35. The molecule has 0 aromatic heterocycles. The fourth-order valence-electron chi connectivity index (χ4n) is 2.21. The van der Waals surface area contributed by atoms with Crippen LogP contribution < -0.4 is 4.90 Å². The molecule has 0 bridgehead atoms. The van der Waals surface area contributed by atoms with E-state index in [1.165, 1.54) is 16.8 Å². The zero-order chi connectivity index (χ0) is 13.9. The number of hydrogen-bond acceptors (Lipinski definition) is 2. The summed E-state index contributed by atoms with van der Waals surface area (Å²) >= 11 is 4.51. The number of anilines is 1. The van der Waals surface area contributed by atoms with Crippen LogP contribution in [0.2, 0.25) is 0 Å². The molecule has 0 amide bonds. The second-order valence-corrected chi connectivity index (χ2v) is 6.84. The van der Waals surface area contributed by atoms with Gasteiger partial charge in [-0.25, -0.2) is 0 Å². The summed E-state index contributed by atoms with van der Waals surface area (Å²) in [5, 5.41) is 0. The van der Waals surface area contributed by atoms with Crippen molar-refractivity contribution in [2.24, 2.45) is 11.3 Å². The van der Waals surface area contributed by atoms with Gasteiger partial charge in [0.05, 0.1) is 0 Å². The summed E-state index contributed by atoms with van der Waals surface area (Å²) in [6.45, 7) is 12.2. The first kappa shape index (κ1) is 15.4. The van der Waals surface area contributed by atoms with Crippen molar-refractivity contribution in [2.75, 3.05) is 24.2 Å². The molecule has 0 saturated carbocycles. The highest BCUT2D eigenvalue weighted by Gasteiger charge is 2.24. The van der Waals surface area contributed by atoms with Crippen molar-refractivity contribution in [1.29, 1.82) is 0 Å². The Morgan fingerprint density at radius 2 is 1.61 bits per heavy atom. The van der Waals surface area contributed by atoms with Gasteiger partial charge in [0.2, 0.25) is 0 Å². The van der Waals surface area contributed by atoms with E-state index in [2.05, 4.69) is 77.4 Å². The van der Waals surface area contributed by atoms with Crippen molar-refractivity contribution in [3.63, 3.8) is 0 Å². The first-order valence-electron chi connectivity index (χ1n) is 6.64. The first-order valence-corrected chi connectivity index (χ1v) is 7.27. The fraction of sp³-hybridized carbons (Fsp3) is 0.625. The lowest BCUT2D eigenvalue weighted by Gasteiger charge is -2.34. The molecule has 1 aromatic rings. The topological polar surface area (TPSA) is 3.24 Å². The zero-order valence-corrected chi connectivity index (χ0v) is 13.5. The summed E-state index contributed by atoms with van der Waals surface area (Å²) in [5.74, 6) is 1.52. The van der Waals surface area contributed by atoms with Gasteiger partial charge in [0.1, 0.15) is 0 Å². The monoisotopic (exact) mass is 265 g/mol. The molecule has 1 nitrogen and oxygen atoms in total. The Hall–Kier alpha value is -0.630. The lowest BCUT2D eigenvalue weighted by atomic mass is 9.81. The Morgan fingerprint density at radius 1 is 1.11 bits per heavy atom. The van der Waals surface area contributed by atoms with Crippen molar-refractivity contribution < 1.29 is 0 Å². The number of hydrogen-bond donors (Lipinski definition) is 1. The van der Waals surface area contributed by atoms with Gasteiger partial charge in [-0.3, -0.25) is 0 Å². The molecule has 0 radical (unpaired) electrons. The average Bonchev–Trinajstić information content (AvgIpc) is 2.22. The summed E-state index contributed by atoms with van der Waals surface area (Å²) in [7, 11) is 2.18. The molecule has 102 valence electrons. The molecule has 1 atom stereocenters. The smallest absolute Gasteiger partial charge is 0.0369 e. The largest absolute Gasteiger partial charge is 0.374 e. The predicted octanol–water partition coefficient (Wildman–Crippen LogP) is 4.33. The van der Waals surface area contributed by atoms with E-state index >= 15 is 0 Å². The van der Waals surface area contributed by atoms with Crippen LogP contribution in [0.4, 0.5) is 5.69 Å². The van der Waals surface area contributed by atoms with Crippen LogP contribution >= 0.6 is 12.6 Å². The lowest BCUT2D eigenvalue weighted by Crippen LogP contribution is -2.34. The SMILES string of the molecule is Cc1cc(C)cc(N(C)CC(CS)C(C)(C)C)c1. The second kappa shape index (κ2) is 6.01. The van der Waals surface area contributed by atoms with E-state index in [-0.39, 0.29) is 0 Å². The minimum atomic E-state index is 0.300. The van der Waals surface area contributed by atoms with Crippen LogP contribution in [0.1, 0.15) is 31.9 Å². The van der Waals surface area contributed by atoms with Gasteiger partial charge in [-0.15, -0.1) is 0 Å². The van der Waals surface area contributed by atoms with Crippen LogP contribution in [0.15, 0.2) is 18.2 Å². The number of benzene rings is 1. The highest BCUT2D eigenvalue weighted by atomic mass is 32.1. The van der Waals surface area contributed by atoms with Gasteiger partial charge in [0, 0.05) is 19.3 Å². The molecular formula is C16H27NS. The highest BCUT2D eigenvalue weighted by Crippen LogP contribution is 2.29. The molecule has 0 N–H and O–H groups in total. The van der Waals surface area contributed by atoms with E-state index in [0.717, 1.165) is 12.3 Å². The van der Waals surface area contributed by atoms with Gasteiger partial charge in [-0.1, -0.05) is 26.8 Å². The Balaban J connectivity index is 2.84. The van der Waals surface area contributed by atoms with Crippen molar-refractivity contribution >= 4 is 18.3 Å². The summed E-state index contributed by atoms with van der Waals surface area (Å²) in [6.07, 6.45) is 0. The van der Waals surface area contributed by atoms with Crippen molar-refractivity contribution in [3.8, 4) is 0 Å². The van der Waals surface area contributed by atoms with Gasteiger partial charge < -0.3 is 4.90 Å². The van der Waals surface area contributed by atoms with Crippen molar-refractivity contribution in [1.82, 2.24) is 0 Å². The molecule has 0 fully saturated rings. The molecule has 1 rings (SSSR count). The molecule has 1 aromatic carbocycles. The molecule has 0 heterocycles. The maximum atomic E-state index is 4.51. The fourth-order valence-corrected chi connectivity index (χ4v) is 2.88. The molecule has 0 spiro atoms. The number of aryl methyl sites for hydroxylation is 2. The minimum Gasteiger partial charge on any atom is -0.374 e. The Kier molecular flexibility index (Phi) is 5.15. The average molecular weight is 265 g/mol. The molecule has 0 aliphatic rings. The number of thiol groups is 1. The summed E-state index contributed by atoms with van der Waals surface area (Å²) in [5.41, 5.74) is 4.27. The Bertz CT molecular complexity index is 372. The van der Waals surface area contributed by atoms with Gasteiger partial charge >= 0.3 is 0 Å². The standard InChI is InChI=1S/C16H27NS/c1-12-7-13(2)9-15(8-12)17(6)10-14(11-18)16(3,4)5/h7-9,14,18H,10-11H2,1-6H3. The van der Waals surface area contributed by atoms with E-state index in [1.54, 1.807) is 0 Å². The maximum absolute atomic E-state index is 4.51. The number of nitrogens with zero attached hydrogens (tertiary/aromatic N) is 1.